The van der Waals surface area contributed by atoms with Crippen LogP contribution in [0.25, 0.3) is 0 Å². The zero-order valence-corrected chi connectivity index (χ0v) is 19.0. The van der Waals surface area contributed by atoms with Crippen LogP contribution in [0.1, 0.15) is 45.2 Å². The molecule has 5 nitrogen and oxygen atoms in total. The first kappa shape index (κ1) is 21.8. The van der Waals surface area contributed by atoms with Crippen molar-refractivity contribution in [1.82, 2.24) is 15.1 Å². The second-order valence-corrected chi connectivity index (χ2v) is 9.45. The summed E-state index contributed by atoms with van der Waals surface area (Å²) in [4.78, 5) is 17.3. The standard InChI is InChI=1S/C22H34BrN3O2/c1-16-12-26(13-17(2)28-16)14-19-8-10-25(11-9-19)15-22(27)24-18(3)20-4-6-21(23)7-5-20/h4-7,16-19H,8-15H2,1-3H3,(H,24,27). The van der Waals surface area contributed by atoms with Gasteiger partial charge in [0, 0.05) is 24.1 Å². The van der Waals surface area contributed by atoms with Crippen LogP contribution in [0.4, 0.5) is 0 Å². The lowest BCUT2D eigenvalue weighted by atomic mass is 9.95. The summed E-state index contributed by atoms with van der Waals surface area (Å²) in [6, 6.07) is 8.16. The van der Waals surface area contributed by atoms with Gasteiger partial charge in [-0.25, -0.2) is 0 Å². The summed E-state index contributed by atoms with van der Waals surface area (Å²) in [6.07, 6.45) is 3.02. The van der Waals surface area contributed by atoms with Gasteiger partial charge in [-0.3, -0.25) is 14.6 Å². The fraction of sp³-hybridized carbons (Fsp3) is 0.682. The minimum absolute atomic E-state index is 0.0310. The second-order valence-electron chi connectivity index (χ2n) is 8.54. The van der Waals surface area contributed by atoms with Gasteiger partial charge in [0.15, 0.2) is 0 Å². The van der Waals surface area contributed by atoms with E-state index in [1.54, 1.807) is 0 Å². The lowest BCUT2D eigenvalue weighted by Gasteiger charge is -2.39. The Morgan fingerprint density at radius 1 is 1.14 bits per heavy atom. The van der Waals surface area contributed by atoms with Crippen LogP contribution in [0.3, 0.4) is 0 Å². The first-order valence-electron chi connectivity index (χ1n) is 10.5. The van der Waals surface area contributed by atoms with Gasteiger partial charge in [-0.2, -0.15) is 0 Å². The van der Waals surface area contributed by atoms with E-state index in [0.29, 0.717) is 18.8 Å². The summed E-state index contributed by atoms with van der Waals surface area (Å²) in [5.74, 6) is 0.850. The smallest absolute Gasteiger partial charge is 0.234 e. The molecule has 2 aliphatic rings. The molecule has 1 amide bonds. The molecule has 0 aliphatic carbocycles. The second kappa shape index (κ2) is 10.2. The van der Waals surface area contributed by atoms with Gasteiger partial charge in [0.25, 0.3) is 0 Å². The maximum absolute atomic E-state index is 12.4. The molecule has 1 aromatic rings. The Morgan fingerprint density at radius 2 is 1.75 bits per heavy atom. The third-order valence-electron chi connectivity index (χ3n) is 5.83. The van der Waals surface area contributed by atoms with Gasteiger partial charge in [0.05, 0.1) is 24.8 Å². The molecule has 156 valence electrons. The number of ether oxygens (including phenoxy) is 1. The number of carbonyl (C=O) groups excluding carboxylic acids is 1. The lowest BCUT2D eigenvalue weighted by Crippen LogP contribution is -2.49. The molecular formula is C22H34BrN3O2. The average Bonchev–Trinajstić information content (AvgIpc) is 2.63. The Bertz CT molecular complexity index is 621. The number of amides is 1. The molecule has 3 unspecified atom stereocenters. The number of morpholine rings is 1. The van der Waals surface area contributed by atoms with Gasteiger partial charge in [0.1, 0.15) is 0 Å². The zero-order valence-electron chi connectivity index (χ0n) is 17.4. The Labute approximate surface area is 177 Å². The predicted molar refractivity (Wildman–Crippen MR) is 116 cm³/mol. The number of carbonyl (C=O) groups is 1. The maximum atomic E-state index is 12.4. The summed E-state index contributed by atoms with van der Waals surface area (Å²) >= 11 is 3.45. The number of likely N-dealkylation sites (tertiary alicyclic amines) is 1. The fourth-order valence-corrected chi connectivity index (χ4v) is 4.72. The molecule has 0 aromatic heterocycles. The van der Waals surface area contributed by atoms with Gasteiger partial charge >= 0.3 is 0 Å². The monoisotopic (exact) mass is 451 g/mol. The molecule has 0 bridgehead atoms. The molecule has 2 saturated heterocycles. The SMILES string of the molecule is CC1CN(CC2CCN(CC(=O)NC(C)c3ccc(Br)cc3)CC2)CC(C)O1. The van der Waals surface area contributed by atoms with Crippen molar-refractivity contribution in [2.24, 2.45) is 5.92 Å². The van der Waals surface area contributed by atoms with E-state index >= 15 is 0 Å². The highest BCUT2D eigenvalue weighted by molar-refractivity contribution is 9.10. The lowest BCUT2D eigenvalue weighted by molar-refractivity contribution is -0.123. The van der Waals surface area contributed by atoms with Crippen LogP contribution in [-0.2, 0) is 9.53 Å². The van der Waals surface area contributed by atoms with E-state index in [2.05, 4.69) is 44.9 Å². The summed E-state index contributed by atoms with van der Waals surface area (Å²) in [5, 5.41) is 3.13. The number of benzene rings is 1. The highest BCUT2D eigenvalue weighted by atomic mass is 79.9. The van der Waals surface area contributed by atoms with Crippen LogP contribution in [0, 0.1) is 5.92 Å². The van der Waals surface area contributed by atoms with Crippen LogP contribution in [0.2, 0.25) is 0 Å². The van der Waals surface area contributed by atoms with E-state index < -0.39 is 0 Å². The molecule has 2 aliphatic heterocycles. The van der Waals surface area contributed by atoms with Crippen molar-refractivity contribution in [3.63, 3.8) is 0 Å². The van der Waals surface area contributed by atoms with Crippen molar-refractivity contribution < 1.29 is 9.53 Å². The molecule has 2 fully saturated rings. The number of halogens is 1. The summed E-state index contributed by atoms with van der Waals surface area (Å²) < 4.78 is 6.89. The van der Waals surface area contributed by atoms with Crippen molar-refractivity contribution in [3.05, 3.63) is 34.3 Å². The van der Waals surface area contributed by atoms with E-state index in [0.717, 1.165) is 42.1 Å². The number of rotatable bonds is 6. The minimum atomic E-state index is 0.0310. The fourth-order valence-electron chi connectivity index (χ4n) is 4.45. The Balaban J connectivity index is 1.37. The van der Waals surface area contributed by atoms with E-state index in [9.17, 15) is 4.79 Å². The molecule has 6 heteroatoms. The number of hydrogen-bond donors (Lipinski definition) is 1. The van der Waals surface area contributed by atoms with Crippen LogP contribution in [-0.4, -0.2) is 67.2 Å². The maximum Gasteiger partial charge on any atom is 0.234 e. The molecule has 1 aromatic carbocycles. The van der Waals surface area contributed by atoms with Crippen LogP contribution < -0.4 is 5.32 Å². The van der Waals surface area contributed by atoms with E-state index in [-0.39, 0.29) is 11.9 Å². The molecule has 28 heavy (non-hydrogen) atoms. The first-order valence-corrected chi connectivity index (χ1v) is 11.3. The van der Waals surface area contributed by atoms with Crippen molar-refractivity contribution >= 4 is 21.8 Å². The largest absolute Gasteiger partial charge is 0.373 e. The molecule has 3 rings (SSSR count). The number of hydrogen-bond acceptors (Lipinski definition) is 4. The third-order valence-corrected chi connectivity index (χ3v) is 6.36. The molecule has 1 N–H and O–H groups in total. The Kier molecular flexibility index (Phi) is 7.92. The number of nitrogens with zero attached hydrogens (tertiary/aromatic N) is 2. The van der Waals surface area contributed by atoms with Crippen LogP contribution in [0.5, 0.6) is 0 Å². The van der Waals surface area contributed by atoms with Crippen LogP contribution >= 0.6 is 15.9 Å². The highest BCUT2D eigenvalue weighted by Gasteiger charge is 2.27. The molecule has 3 atom stereocenters. The third kappa shape index (κ3) is 6.55. The Hall–Kier alpha value is -0.950. The summed E-state index contributed by atoms with van der Waals surface area (Å²) in [5.41, 5.74) is 1.13. The van der Waals surface area contributed by atoms with E-state index in [1.807, 2.05) is 31.2 Å². The van der Waals surface area contributed by atoms with Gasteiger partial charge in [-0.1, -0.05) is 28.1 Å². The first-order chi connectivity index (χ1) is 13.4. The Morgan fingerprint density at radius 3 is 2.36 bits per heavy atom. The van der Waals surface area contributed by atoms with Gasteiger partial charge in [0.2, 0.25) is 5.91 Å². The number of nitrogens with one attached hydrogen (secondary N) is 1. The quantitative estimate of drug-likeness (QED) is 0.719. The van der Waals surface area contributed by atoms with Crippen molar-refractivity contribution in [3.8, 4) is 0 Å². The van der Waals surface area contributed by atoms with Gasteiger partial charge in [-0.15, -0.1) is 0 Å². The van der Waals surface area contributed by atoms with Crippen LogP contribution in [0.15, 0.2) is 28.7 Å². The molecule has 0 saturated carbocycles. The summed E-state index contributed by atoms with van der Waals surface area (Å²) in [6.45, 7) is 12.1. The molecule has 0 radical (unpaired) electrons. The average molecular weight is 452 g/mol. The zero-order chi connectivity index (χ0) is 20.1. The topological polar surface area (TPSA) is 44.8 Å². The molecular weight excluding hydrogens is 418 g/mol. The van der Waals surface area contributed by atoms with E-state index in [1.165, 1.54) is 19.4 Å². The van der Waals surface area contributed by atoms with E-state index in [4.69, 9.17) is 4.74 Å². The molecule has 0 spiro atoms. The van der Waals surface area contributed by atoms with Crippen molar-refractivity contribution in [1.29, 1.82) is 0 Å². The molecule has 2 heterocycles. The van der Waals surface area contributed by atoms with Crippen molar-refractivity contribution in [2.45, 2.75) is 51.9 Å². The highest BCUT2D eigenvalue weighted by Crippen LogP contribution is 2.21. The number of piperidine rings is 1. The van der Waals surface area contributed by atoms with Gasteiger partial charge < -0.3 is 10.1 Å². The van der Waals surface area contributed by atoms with Gasteiger partial charge in [-0.05, 0) is 70.3 Å². The van der Waals surface area contributed by atoms with Crippen molar-refractivity contribution in [2.75, 3.05) is 39.3 Å². The predicted octanol–water partition coefficient (Wildman–Crippen LogP) is 3.45. The minimum Gasteiger partial charge on any atom is -0.373 e. The normalized spacial score (nSPS) is 26.1. The summed E-state index contributed by atoms with van der Waals surface area (Å²) in [7, 11) is 0.